The van der Waals surface area contributed by atoms with Crippen LogP contribution in [-0.4, -0.2) is 29.3 Å². The maximum absolute atomic E-state index is 13.1. The number of aryl methyl sites for hydroxylation is 1. The van der Waals surface area contributed by atoms with Crippen LogP contribution in [0.4, 0.5) is 5.69 Å². The zero-order valence-electron chi connectivity index (χ0n) is 15.0. The molecule has 2 bridgehead atoms. The van der Waals surface area contributed by atoms with E-state index in [0.29, 0.717) is 17.5 Å². The summed E-state index contributed by atoms with van der Waals surface area (Å²) in [4.78, 5) is 41.2. The summed E-state index contributed by atoms with van der Waals surface area (Å²) < 4.78 is 0. The Labute approximate surface area is 152 Å². The van der Waals surface area contributed by atoms with E-state index in [1.807, 2.05) is 31.2 Å². The van der Waals surface area contributed by atoms with E-state index in [4.69, 9.17) is 0 Å². The van der Waals surface area contributed by atoms with E-state index in [-0.39, 0.29) is 48.1 Å². The Morgan fingerprint density at radius 3 is 2.08 bits per heavy atom. The highest BCUT2D eigenvalue weighted by Crippen LogP contribution is 2.65. The Kier molecular flexibility index (Phi) is 3.21. The molecule has 26 heavy (non-hydrogen) atoms. The molecule has 1 aromatic carbocycles. The average Bonchev–Trinajstić information content (AvgIpc) is 3.40. The third-order valence-electron chi connectivity index (χ3n) is 6.76. The Balaban J connectivity index is 1.44. The van der Waals surface area contributed by atoms with Crippen molar-refractivity contribution in [3.8, 4) is 0 Å². The molecule has 0 N–H and O–H groups in total. The van der Waals surface area contributed by atoms with Gasteiger partial charge in [0, 0.05) is 12.6 Å². The highest BCUT2D eigenvalue weighted by atomic mass is 16.2. The summed E-state index contributed by atoms with van der Waals surface area (Å²) >= 11 is 0. The number of imide groups is 1. The quantitative estimate of drug-likeness (QED) is 0.621. The molecule has 2 saturated carbocycles. The number of allylic oxidation sites excluding steroid dienone is 2. The van der Waals surface area contributed by atoms with Gasteiger partial charge >= 0.3 is 0 Å². The molecule has 3 fully saturated rings. The minimum atomic E-state index is -0.215. The van der Waals surface area contributed by atoms with Crippen molar-refractivity contribution >= 4 is 23.4 Å². The molecule has 5 heteroatoms. The van der Waals surface area contributed by atoms with Crippen LogP contribution in [0.3, 0.4) is 0 Å². The lowest BCUT2D eigenvalue weighted by Crippen LogP contribution is -2.44. The van der Waals surface area contributed by atoms with Gasteiger partial charge in [0.1, 0.15) is 6.67 Å². The van der Waals surface area contributed by atoms with Crippen molar-refractivity contribution in [2.75, 3.05) is 11.6 Å². The minimum absolute atomic E-state index is 0.0117. The molecule has 5 aliphatic rings. The second-order valence-electron chi connectivity index (χ2n) is 8.18. The van der Waals surface area contributed by atoms with Crippen LogP contribution in [0, 0.1) is 42.4 Å². The summed E-state index contributed by atoms with van der Waals surface area (Å²) in [5.74, 6) is 0.802. The third kappa shape index (κ3) is 2.06. The second-order valence-corrected chi connectivity index (χ2v) is 8.18. The van der Waals surface area contributed by atoms with Crippen LogP contribution >= 0.6 is 0 Å². The van der Waals surface area contributed by atoms with Gasteiger partial charge in [0.05, 0.1) is 11.8 Å². The van der Waals surface area contributed by atoms with Crippen LogP contribution in [0.2, 0.25) is 0 Å². The molecule has 6 rings (SSSR count). The number of anilines is 1. The predicted molar refractivity (Wildman–Crippen MR) is 95.8 cm³/mol. The molecule has 0 spiro atoms. The van der Waals surface area contributed by atoms with E-state index in [1.54, 1.807) is 0 Å². The SMILES string of the molecule is CC(=O)N(CN1C(=O)[C@@H]2[C@H]3C=C[C@@H]([C@@H]4C[C@H]34)[C@H]2C1=O)c1ccc(C)cc1. The molecule has 5 nitrogen and oxygen atoms in total. The Morgan fingerprint density at radius 2 is 1.58 bits per heavy atom. The Hall–Kier alpha value is -2.43. The minimum Gasteiger partial charge on any atom is -0.294 e. The summed E-state index contributed by atoms with van der Waals surface area (Å²) in [6.45, 7) is 3.46. The predicted octanol–water partition coefficient (Wildman–Crippen LogP) is 2.36. The number of likely N-dealkylation sites (tertiary alicyclic amines) is 1. The van der Waals surface area contributed by atoms with Gasteiger partial charge in [-0.25, -0.2) is 0 Å². The van der Waals surface area contributed by atoms with Crippen molar-refractivity contribution in [1.29, 1.82) is 0 Å². The molecule has 134 valence electrons. The molecule has 3 amide bonds. The van der Waals surface area contributed by atoms with Gasteiger partial charge in [0.2, 0.25) is 17.7 Å². The lowest BCUT2D eigenvalue weighted by atomic mass is 9.63. The fourth-order valence-corrected chi connectivity index (χ4v) is 5.39. The first-order chi connectivity index (χ1) is 12.5. The van der Waals surface area contributed by atoms with Crippen molar-refractivity contribution in [2.24, 2.45) is 35.5 Å². The fourth-order valence-electron chi connectivity index (χ4n) is 5.39. The second kappa shape index (κ2) is 5.29. The lowest BCUT2D eigenvalue weighted by Gasteiger charge is -2.37. The number of amides is 3. The summed E-state index contributed by atoms with van der Waals surface area (Å²) in [5, 5.41) is 0. The molecule has 0 unspecified atom stereocenters. The van der Waals surface area contributed by atoms with Crippen molar-refractivity contribution < 1.29 is 14.4 Å². The largest absolute Gasteiger partial charge is 0.294 e. The molecule has 1 heterocycles. The van der Waals surface area contributed by atoms with E-state index >= 15 is 0 Å². The number of nitrogens with zero attached hydrogens (tertiary/aromatic N) is 2. The highest BCUT2D eigenvalue weighted by Gasteiger charge is 2.67. The normalized spacial score (nSPS) is 36.2. The Bertz CT molecular complexity index is 807. The Morgan fingerprint density at radius 1 is 1.04 bits per heavy atom. The number of carbonyl (C=O) groups is 3. The van der Waals surface area contributed by atoms with Crippen LogP contribution < -0.4 is 4.90 Å². The summed E-state index contributed by atoms with van der Waals surface area (Å²) in [5.41, 5.74) is 1.81. The maximum Gasteiger partial charge on any atom is 0.235 e. The molecular weight excluding hydrogens is 328 g/mol. The molecule has 1 saturated heterocycles. The van der Waals surface area contributed by atoms with Gasteiger partial charge in [-0.15, -0.1) is 0 Å². The van der Waals surface area contributed by atoms with Crippen molar-refractivity contribution in [2.45, 2.75) is 20.3 Å². The van der Waals surface area contributed by atoms with Crippen molar-refractivity contribution in [1.82, 2.24) is 4.90 Å². The standard InChI is InChI=1S/C21H22N2O3/c1-11-3-5-13(6-4-11)22(12(2)24)10-23-20(25)18-14-7-8-15(17-9-16(14)17)19(18)21(23)26/h3-8,14-19H,9-10H2,1-2H3/t14-,15-,16-,17+,18+,19+/m0/s1. The highest BCUT2D eigenvalue weighted by molar-refractivity contribution is 6.07. The first-order valence-corrected chi connectivity index (χ1v) is 9.35. The topological polar surface area (TPSA) is 57.7 Å². The smallest absolute Gasteiger partial charge is 0.235 e. The molecule has 4 aliphatic carbocycles. The van der Waals surface area contributed by atoms with Crippen molar-refractivity contribution in [3.63, 3.8) is 0 Å². The average molecular weight is 350 g/mol. The maximum atomic E-state index is 13.1. The third-order valence-corrected chi connectivity index (χ3v) is 6.76. The zero-order valence-corrected chi connectivity index (χ0v) is 15.0. The summed E-state index contributed by atoms with van der Waals surface area (Å²) in [6.07, 6.45) is 5.48. The molecule has 1 aliphatic heterocycles. The zero-order chi connectivity index (χ0) is 18.2. The first-order valence-electron chi connectivity index (χ1n) is 9.35. The number of carbonyl (C=O) groups excluding carboxylic acids is 3. The molecule has 1 aromatic rings. The van der Waals surface area contributed by atoms with E-state index < -0.39 is 0 Å². The molecule has 6 atom stereocenters. The summed E-state index contributed by atoms with van der Waals surface area (Å²) in [6, 6.07) is 7.57. The van der Waals surface area contributed by atoms with E-state index in [1.165, 1.54) is 16.7 Å². The molecule has 0 aromatic heterocycles. The van der Waals surface area contributed by atoms with Gasteiger partial charge in [-0.3, -0.25) is 24.2 Å². The van der Waals surface area contributed by atoms with Crippen LogP contribution in [0.15, 0.2) is 36.4 Å². The van der Waals surface area contributed by atoms with Gasteiger partial charge in [-0.05, 0) is 49.1 Å². The molecular formula is C21H22N2O3. The van der Waals surface area contributed by atoms with Crippen LogP contribution in [0.25, 0.3) is 0 Å². The van der Waals surface area contributed by atoms with Crippen LogP contribution in [0.5, 0.6) is 0 Å². The first kappa shape index (κ1) is 15.8. The number of hydrogen-bond donors (Lipinski definition) is 0. The van der Waals surface area contributed by atoms with Crippen molar-refractivity contribution in [3.05, 3.63) is 42.0 Å². The van der Waals surface area contributed by atoms with Gasteiger partial charge in [-0.1, -0.05) is 29.8 Å². The van der Waals surface area contributed by atoms with Gasteiger partial charge < -0.3 is 0 Å². The lowest BCUT2D eigenvalue weighted by molar-refractivity contribution is -0.140. The van der Waals surface area contributed by atoms with Gasteiger partial charge in [0.25, 0.3) is 0 Å². The number of hydrogen-bond acceptors (Lipinski definition) is 3. The van der Waals surface area contributed by atoms with Gasteiger partial charge in [-0.2, -0.15) is 0 Å². The van der Waals surface area contributed by atoms with Gasteiger partial charge in [0.15, 0.2) is 0 Å². The number of benzene rings is 1. The van der Waals surface area contributed by atoms with Crippen LogP contribution in [0.1, 0.15) is 18.9 Å². The van der Waals surface area contributed by atoms with Crippen LogP contribution in [-0.2, 0) is 14.4 Å². The molecule has 0 radical (unpaired) electrons. The van der Waals surface area contributed by atoms with E-state index in [9.17, 15) is 14.4 Å². The van der Waals surface area contributed by atoms with E-state index in [0.717, 1.165) is 12.0 Å². The van der Waals surface area contributed by atoms with E-state index in [2.05, 4.69) is 12.2 Å². The monoisotopic (exact) mass is 350 g/mol. The summed E-state index contributed by atoms with van der Waals surface area (Å²) in [7, 11) is 0. The fraction of sp³-hybridized carbons (Fsp3) is 0.476. The number of rotatable bonds is 3.